The molecule has 2 unspecified atom stereocenters. The van der Waals surface area contributed by atoms with E-state index in [1.165, 1.54) is 6.42 Å². The van der Waals surface area contributed by atoms with Crippen molar-refractivity contribution < 1.29 is 9.53 Å². The van der Waals surface area contributed by atoms with Gasteiger partial charge in [-0.2, -0.15) is 0 Å². The van der Waals surface area contributed by atoms with Gasteiger partial charge in [0.05, 0.1) is 12.1 Å². The highest BCUT2D eigenvalue weighted by Gasteiger charge is 2.37. The van der Waals surface area contributed by atoms with Gasteiger partial charge in [0.15, 0.2) is 0 Å². The van der Waals surface area contributed by atoms with Gasteiger partial charge in [0.25, 0.3) is 0 Å². The average Bonchev–Trinajstić information content (AvgIpc) is 2.89. The number of carbonyl (C=O) groups excluding carboxylic acids is 1. The van der Waals surface area contributed by atoms with Crippen molar-refractivity contribution in [1.82, 2.24) is 10.2 Å². The van der Waals surface area contributed by atoms with Gasteiger partial charge < -0.3 is 15.0 Å². The lowest BCUT2D eigenvalue weighted by Crippen LogP contribution is -2.58. The van der Waals surface area contributed by atoms with Crippen molar-refractivity contribution in [3.05, 3.63) is 0 Å². The van der Waals surface area contributed by atoms with Gasteiger partial charge in [-0.15, -0.1) is 0 Å². The lowest BCUT2D eigenvalue weighted by Gasteiger charge is -2.38. The van der Waals surface area contributed by atoms with Gasteiger partial charge in [-0.05, 0) is 46.1 Å². The van der Waals surface area contributed by atoms with Gasteiger partial charge in [0.1, 0.15) is 0 Å². The SMILES string of the molecule is CCN(CC1CCOC1)C(=O)C1(C)CCCCN1. The molecule has 2 aliphatic rings. The Hall–Kier alpha value is -0.610. The van der Waals surface area contributed by atoms with E-state index < -0.39 is 0 Å². The van der Waals surface area contributed by atoms with Crippen LogP contribution < -0.4 is 5.32 Å². The van der Waals surface area contributed by atoms with E-state index in [0.717, 1.165) is 52.1 Å². The fourth-order valence-electron chi connectivity index (χ4n) is 2.98. The summed E-state index contributed by atoms with van der Waals surface area (Å²) in [5, 5.41) is 3.41. The Bertz CT molecular complexity index is 282. The molecule has 0 aromatic heterocycles. The quantitative estimate of drug-likeness (QED) is 0.824. The molecule has 4 heteroatoms. The number of nitrogens with one attached hydrogen (secondary N) is 1. The smallest absolute Gasteiger partial charge is 0.242 e. The van der Waals surface area contributed by atoms with Crippen LogP contribution in [-0.4, -0.2) is 49.2 Å². The molecule has 104 valence electrons. The Labute approximate surface area is 110 Å². The summed E-state index contributed by atoms with van der Waals surface area (Å²) >= 11 is 0. The summed E-state index contributed by atoms with van der Waals surface area (Å²) < 4.78 is 5.40. The lowest BCUT2D eigenvalue weighted by molar-refractivity contribution is -0.139. The number of carbonyl (C=O) groups is 1. The van der Waals surface area contributed by atoms with Gasteiger partial charge >= 0.3 is 0 Å². The first-order valence-electron chi connectivity index (χ1n) is 7.28. The van der Waals surface area contributed by atoms with E-state index in [1.807, 2.05) is 4.90 Å². The second-order valence-electron chi connectivity index (χ2n) is 5.79. The minimum absolute atomic E-state index is 0.275. The molecular weight excluding hydrogens is 228 g/mol. The van der Waals surface area contributed by atoms with Crippen molar-refractivity contribution in [2.75, 3.05) is 32.8 Å². The highest BCUT2D eigenvalue weighted by molar-refractivity contribution is 5.86. The fraction of sp³-hybridized carbons (Fsp3) is 0.929. The van der Waals surface area contributed by atoms with E-state index in [1.54, 1.807) is 0 Å². The summed E-state index contributed by atoms with van der Waals surface area (Å²) in [6.45, 7) is 8.41. The maximum atomic E-state index is 12.7. The zero-order chi connectivity index (χ0) is 13.0. The third kappa shape index (κ3) is 3.04. The number of amides is 1. The number of hydrogen-bond acceptors (Lipinski definition) is 3. The minimum atomic E-state index is -0.340. The Kier molecular flexibility index (Phi) is 4.62. The number of likely N-dealkylation sites (N-methyl/N-ethyl adjacent to an activating group) is 1. The highest BCUT2D eigenvalue weighted by atomic mass is 16.5. The zero-order valence-corrected chi connectivity index (χ0v) is 11.7. The van der Waals surface area contributed by atoms with Crippen LogP contribution in [0.25, 0.3) is 0 Å². The highest BCUT2D eigenvalue weighted by Crippen LogP contribution is 2.23. The standard InChI is InChI=1S/C14H26N2O2/c1-3-16(10-12-6-9-18-11-12)13(17)14(2)7-4-5-8-15-14/h12,15H,3-11H2,1-2H3. The molecule has 2 fully saturated rings. The van der Waals surface area contributed by atoms with E-state index in [-0.39, 0.29) is 11.4 Å². The van der Waals surface area contributed by atoms with Crippen LogP contribution in [0.15, 0.2) is 0 Å². The summed E-state index contributed by atoms with van der Waals surface area (Å²) in [7, 11) is 0. The van der Waals surface area contributed by atoms with E-state index in [9.17, 15) is 4.79 Å². The second kappa shape index (κ2) is 6.02. The van der Waals surface area contributed by atoms with Gasteiger partial charge in [-0.25, -0.2) is 0 Å². The lowest BCUT2D eigenvalue weighted by atomic mass is 9.89. The first-order chi connectivity index (χ1) is 8.65. The van der Waals surface area contributed by atoms with E-state index in [2.05, 4.69) is 19.2 Å². The molecule has 0 bridgehead atoms. The van der Waals surface area contributed by atoms with Crippen molar-refractivity contribution in [1.29, 1.82) is 0 Å². The fourth-order valence-corrected chi connectivity index (χ4v) is 2.98. The molecule has 4 nitrogen and oxygen atoms in total. The number of ether oxygens (including phenoxy) is 1. The summed E-state index contributed by atoms with van der Waals surface area (Å²) in [6.07, 6.45) is 4.39. The minimum Gasteiger partial charge on any atom is -0.381 e. The van der Waals surface area contributed by atoms with Crippen LogP contribution in [0, 0.1) is 5.92 Å². The number of nitrogens with zero attached hydrogens (tertiary/aromatic N) is 1. The van der Waals surface area contributed by atoms with Crippen LogP contribution in [0.2, 0.25) is 0 Å². The molecule has 2 saturated heterocycles. The topological polar surface area (TPSA) is 41.6 Å². The van der Waals surface area contributed by atoms with Gasteiger partial charge in [0.2, 0.25) is 5.91 Å². The summed E-state index contributed by atoms with van der Waals surface area (Å²) in [4.78, 5) is 14.7. The molecule has 1 N–H and O–H groups in total. The predicted molar refractivity (Wildman–Crippen MR) is 71.4 cm³/mol. The van der Waals surface area contributed by atoms with Crippen LogP contribution in [0.5, 0.6) is 0 Å². The maximum Gasteiger partial charge on any atom is 0.242 e. The largest absolute Gasteiger partial charge is 0.381 e. The molecule has 2 atom stereocenters. The number of rotatable bonds is 4. The van der Waals surface area contributed by atoms with Crippen LogP contribution in [-0.2, 0) is 9.53 Å². The Morgan fingerprint density at radius 3 is 2.89 bits per heavy atom. The normalized spacial score (nSPS) is 32.4. The maximum absolute atomic E-state index is 12.7. The first kappa shape index (κ1) is 13.8. The number of piperidine rings is 1. The van der Waals surface area contributed by atoms with Crippen molar-refractivity contribution in [3.63, 3.8) is 0 Å². The van der Waals surface area contributed by atoms with Crippen molar-refractivity contribution in [2.24, 2.45) is 5.92 Å². The average molecular weight is 254 g/mol. The molecule has 0 aromatic rings. The predicted octanol–water partition coefficient (Wildman–Crippen LogP) is 1.40. The molecule has 18 heavy (non-hydrogen) atoms. The monoisotopic (exact) mass is 254 g/mol. The summed E-state index contributed by atoms with van der Waals surface area (Å²) in [5.41, 5.74) is -0.340. The van der Waals surface area contributed by atoms with Crippen molar-refractivity contribution >= 4 is 5.91 Å². The Balaban J connectivity index is 1.95. The van der Waals surface area contributed by atoms with E-state index >= 15 is 0 Å². The Morgan fingerprint density at radius 1 is 1.50 bits per heavy atom. The summed E-state index contributed by atoms with van der Waals surface area (Å²) in [6, 6.07) is 0. The number of hydrogen-bond donors (Lipinski definition) is 1. The zero-order valence-electron chi connectivity index (χ0n) is 11.7. The third-order valence-corrected chi connectivity index (χ3v) is 4.26. The van der Waals surface area contributed by atoms with Crippen LogP contribution in [0.3, 0.4) is 0 Å². The van der Waals surface area contributed by atoms with E-state index in [0.29, 0.717) is 5.92 Å². The van der Waals surface area contributed by atoms with Gasteiger partial charge in [0, 0.05) is 25.6 Å². The van der Waals surface area contributed by atoms with Crippen molar-refractivity contribution in [2.45, 2.75) is 45.1 Å². The Morgan fingerprint density at radius 2 is 2.33 bits per heavy atom. The van der Waals surface area contributed by atoms with Crippen molar-refractivity contribution in [3.8, 4) is 0 Å². The van der Waals surface area contributed by atoms with Gasteiger partial charge in [-0.3, -0.25) is 4.79 Å². The molecule has 2 heterocycles. The third-order valence-electron chi connectivity index (χ3n) is 4.26. The molecule has 0 saturated carbocycles. The molecular formula is C14H26N2O2. The molecule has 0 radical (unpaired) electrons. The van der Waals surface area contributed by atoms with Crippen LogP contribution in [0.1, 0.15) is 39.5 Å². The summed E-state index contributed by atoms with van der Waals surface area (Å²) in [5.74, 6) is 0.803. The molecule has 0 aliphatic carbocycles. The molecule has 0 spiro atoms. The molecule has 2 rings (SSSR count). The van der Waals surface area contributed by atoms with Crippen LogP contribution >= 0.6 is 0 Å². The van der Waals surface area contributed by atoms with Gasteiger partial charge in [-0.1, -0.05) is 0 Å². The first-order valence-corrected chi connectivity index (χ1v) is 7.28. The van der Waals surface area contributed by atoms with E-state index in [4.69, 9.17) is 4.74 Å². The molecule has 0 aromatic carbocycles. The molecule has 2 aliphatic heterocycles. The molecule has 1 amide bonds. The second-order valence-corrected chi connectivity index (χ2v) is 5.79. The van der Waals surface area contributed by atoms with Crippen LogP contribution in [0.4, 0.5) is 0 Å².